The average molecular weight is 450 g/mol. The smallest absolute Gasteiger partial charge is 0.266 e. The fourth-order valence-corrected chi connectivity index (χ4v) is 4.84. The van der Waals surface area contributed by atoms with Crippen LogP contribution in [0.25, 0.3) is 22.3 Å². The Balaban J connectivity index is 1.53. The van der Waals surface area contributed by atoms with Crippen LogP contribution in [-0.2, 0) is 11.8 Å². The first-order valence-corrected chi connectivity index (χ1v) is 10.5. The third kappa shape index (κ3) is 2.91. The normalized spacial score (nSPS) is 21.1. The Morgan fingerprint density at radius 1 is 1.33 bits per heavy atom. The maximum atomic E-state index is 13.2. The fraction of sp³-hybridized carbons (Fsp3) is 0.474. The number of nitrogens with one attached hydrogen (secondary N) is 1. The molecule has 5 rings (SSSR count). The molecule has 3 aromatic heterocycles. The van der Waals surface area contributed by atoms with Gasteiger partial charge in [-0.15, -0.1) is 0 Å². The minimum Gasteiger partial charge on any atom is -0.379 e. The Hall–Kier alpha value is -2.20. The lowest BCUT2D eigenvalue weighted by atomic mass is 9.75. The summed E-state index contributed by atoms with van der Waals surface area (Å²) in [5.74, 6) is 0.590. The number of fused-ring (bicyclic) bond motifs is 1. The Labute approximate surface area is 182 Å². The van der Waals surface area contributed by atoms with Crippen molar-refractivity contribution in [2.45, 2.75) is 18.9 Å². The van der Waals surface area contributed by atoms with E-state index in [1.807, 2.05) is 0 Å². The monoisotopic (exact) mass is 449 g/mol. The van der Waals surface area contributed by atoms with Crippen LogP contribution in [0.4, 0.5) is 5.95 Å². The second-order valence-electron chi connectivity index (χ2n) is 8.01. The van der Waals surface area contributed by atoms with Gasteiger partial charge in [0.2, 0.25) is 5.95 Å². The van der Waals surface area contributed by atoms with Crippen LogP contribution < -0.4 is 16.2 Å². The van der Waals surface area contributed by atoms with E-state index in [0.29, 0.717) is 41.5 Å². The molecule has 3 N–H and O–H groups in total. The molecule has 2 saturated heterocycles. The zero-order chi connectivity index (χ0) is 21.0. The maximum Gasteiger partial charge on any atom is 0.266 e. The molecule has 158 valence electrons. The van der Waals surface area contributed by atoms with Crippen molar-refractivity contribution in [3.05, 3.63) is 32.8 Å². The summed E-state index contributed by atoms with van der Waals surface area (Å²) in [5, 5.41) is 7.95. The van der Waals surface area contributed by atoms with Crippen LogP contribution in [0.15, 0.2) is 17.1 Å². The van der Waals surface area contributed by atoms with Gasteiger partial charge < -0.3 is 15.4 Å². The molecular formula is C19H21Cl2N7O2. The number of aromatic amines is 1. The first-order chi connectivity index (χ1) is 14.4. The number of pyridine rings is 1. The second kappa shape index (κ2) is 7.19. The Morgan fingerprint density at radius 3 is 2.80 bits per heavy atom. The molecular weight excluding hydrogens is 429 g/mol. The molecule has 11 heteroatoms. The predicted molar refractivity (Wildman–Crippen MR) is 115 cm³/mol. The third-order valence-electron chi connectivity index (χ3n) is 6.40. The summed E-state index contributed by atoms with van der Waals surface area (Å²) in [7, 11) is 1.72. The van der Waals surface area contributed by atoms with Crippen molar-refractivity contribution in [3.8, 4) is 11.3 Å². The number of hydrogen-bond acceptors (Lipinski definition) is 7. The largest absolute Gasteiger partial charge is 0.379 e. The van der Waals surface area contributed by atoms with E-state index < -0.39 is 0 Å². The summed E-state index contributed by atoms with van der Waals surface area (Å²) < 4.78 is 7.16. The predicted octanol–water partition coefficient (Wildman–Crippen LogP) is 1.97. The Kier molecular flexibility index (Phi) is 4.73. The molecule has 1 atom stereocenters. The number of rotatable bonds is 2. The van der Waals surface area contributed by atoms with Gasteiger partial charge in [-0.1, -0.05) is 23.2 Å². The molecule has 9 nitrogen and oxygen atoms in total. The van der Waals surface area contributed by atoms with Crippen LogP contribution in [0, 0.1) is 5.41 Å². The van der Waals surface area contributed by atoms with E-state index in [0.717, 1.165) is 25.9 Å². The highest BCUT2D eigenvalue weighted by Gasteiger charge is 2.44. The van der Waals surface area contributed by atoms with E-state index in [9.17, 15) is 4.79 Å². The molecule has 2 aliphatic rings. The molecule has 0 aliphatic carbocycles. The van der Waals surface area contributed by atoms with Gasteiger partial charge in [-0.25, -0.2) is 4.98 Å². The molecule has 1 unspecified atom stereocenters. The minimum atomic E-state index is -0.205. The van der Waals surface area contributed by atoms with Crippen molar-refractivity contribution in [1.29, 1.82) is 0 Å². The van der Waals surface area contributed by atoms with Gasteiger partial charge in [-0.2, -0.15) is 10.1 Å². The van der Waals surface area contributed by atoms with Gasteiger partial charge in [-0.3, -0.25) is 14.5 Å². The van der Waals surface area contributed by atoms with Gasteiger partial charge in [0, 0.05) is 43.4 Å². The quantitative estimate of drug-likeness (QED) is 0.574. The Morgan fingerprint density at radius 2 is 2.10 bits per heavy atom. The summed E-state index contributed by atoms with van der Waals surface area (Å²) in [6, 6.07) is 1.75. The SMILES string of the molecule is Cn1c(N2CCC3(CC2)COCC3N)nc2n[nH]c(-c3ccnc(Cl)c3Cl)c2c1=O. The minimum absolute atomic E-state index is 0.0241. The van der Waals surface area contributed by atoms with Crippen LogP contribution in [0.3, 0.4) is 0 Å². The van der Waals surface area contributed by atoms with Crippen LogP contribution in [0.2, 0.25) is 10.2 Å². The summed E-state index contributed by atoms with van der Waals surface area (Å²) in [4.78, 5) is 24.0. The van der Waals surface area contributed by atoms with E-state index in [1.165, 1.54) is 6.20 Å². The van der Waals surface area contributed by atoms with Crippen LogP contribution in [0.1, 0.15) is 12.8 Å². The number of halogens is 2. The standard InChI is InChI=1S/C19H21Cl2N7O2/c1-27-17(29)12-14(10-2-5-23-15(21)13(10)20)25-26-16(12)24-18(27)28-6-3-19(4-7-28)9-30-8-11(19)22/h2,5,11H,3-4,6-9,22H2,1H3,(H,25,26). The number of nitrogens with zero attached hydrogens (tertiary/aromatic N) is 5. The highest BCUT2D eigenvalue weighted by Crippen LogP contribution is 2.39. The number of hydrogen-bond donors (Lipinski definition) is 2. The number of anilines is 1. The van der Waals surface area contributed by atoms with E-state index in [1.54, 1.807) is 17.7 Å². The summed E-state index contributed by atoms with van der Waals surface area (Å²) >= 11 is 12.3. The van der Waals surface area contributed by atoms with Gasteiger partial charge in [-0.05, 0) is 18.9 Å². The van der Waals surface area contributed by atoms with Gasteiger partial charge in [0.15, 0.2) is 5.65 Å². The molecule has 3 aromatic rings. The summed E-state index contributed by atoms with van der Waals surface area (Å²) in [6.07, 6.45) is 3.33. The second-order valence-corrected chi connectivity index (χ2v) is 8.74. The number of ether oxygens (including phenoxy) is 1. The van der Waals surface area contributed by atoms with E-state index in [2.05, 4.69) is 25.1 Å². The van der Waals surface area contributed by atoms with Crippen molar-refractivity contribution < 1.29 is 4.74 Å². The number of piperidine rings is 1. The molecule has 2 aliphatic heterocycles. The molecule has 0 radical (unpaired) electrons. The highest BCUT2D eigenvalue weighted by atomic mass is 35.5. The van der Waals surface area contributed by atoms with E-state index >= 15 is 0 Å². The van der Waals surface area contributed by atoms with Crippen LogP contribution in [-0.4, -0.2) is 57.1 Å². The number of nitrogens with two attached hydrogens (primary N) is 1. The summed E-state index contributed by atoms with van der Waals surface area (Å²) in [6.45, 7) is 2.82. The van der Waals surface area contributed by atoms with Crippen molar-refractivity contribution >= 4 is 40.2 Å². The lowest BCUT2D eigenvalue weighted by Gasteiger charge is -2.41. The lowest BCUT2D eigenvalue weighted by Crippen LogP contribution is -2.50. The number of aromatic nitrogens is 5. The van der Waals surface area contributed by atoms with Crippen molar-refractivity contribution in [3.63, 3.8) is 0 Å². The van der Waals surface area contributed by atoms with Crippen molar-refractivity contribution in [1.82, 2.24) is 24.7 Å². The van der Waals surface area contributed by atoms with E-state index in [-0.39, 0.29) is 27.2 Å². The van der Waals surface area contributed by atoms with Gasteiger partial charge in [0.05, 0.1) is 23.9 Å². The first kappa shape index (κ1) is 19.7. The highest BCUT2D eigenvalue weighted by molar-refractivity contribution is 6.43. The topological polar surface area (TPSA) is 115 Å². The van der Waals surface area contributed by atoms with Crippen molar-refractivity contribution in [2.75, 3.05) is 31.2 Å². The maximum absolute atomic E-state index is 13.2. The van der Waals surface area contributed by atoms with Gasteiger partial charge in [0.25, 0.3) is 5.56 Å². The van der Waals surface area contributed by atoms with Crippen LogP contribution >= 0.6 is 23.2 Å². The molecule has 0 aromatic carbocycles. The molecule has 0 bridgehead atoms. The number of H-pyrrole nitrogens is 1. The zero-order valence-corrected chi connectivity index (χ0v) is 17.9. The molecule has 2 fully saturated rings. The first-order valence-electron chi connectivity index (χ1n) is 9.75. The van der Waals surface area contributed by atoms with E-state index in [4.69, 9.17) is 33.7 Å². The molecule has 5 heterocycles. The third-order valence-corrected chi connectivity index (χ3v) is 7.17. The van der Waals surface area contributed by atoms with Gasteiger partial charge >= 0.3 is 0 Å². The van der Waals surface area contributed by atoms with Crippen molar-refractivity contribution in [2.24, 2.45) is 18.2 Å². The molecule has 1 spiro atoms. The summed E-state index contributed by atoms with van der Waals surface area (Å²) in [5.41, 5.74) is 7.48. The van der Waals surface area contributed by atoms with Crippen LogP contribution in [0.5, 0.6) is 0 Å². The lowest BCUT2D eigenvalue weighted by molar-refractivity contribution is 0.131. The molecule has 0 amide bonds. The van der Waals surface area contributed by atoms with Gasteiger partial charge in [0.1, 0.15) is 10.5 Å². The zero-order valence-electron chi connectivity index (χ0n) is 16.4. The average Bonchev–Trinajstić information content (AvgIpc) is 3.32. The Bertz CT molecular complexity index is 1180. The molecule has 0 saturated carbocycles. The molecule has 30 heavy (non-hydrogen) atoms. The fourth-order valence-electron chi connectivity index (χ4n) is 4.47.